The summed E-state index contributed by atoms with van der Waals surface area (Å²) in [5.41, 5.74) is 1.55. The molecule has 0 amide bonds. The molecule has 8 nitrogen and oxygen atoms in total. The van der Waals surface area contributed by atoms with Crippen LogP contribution in [0.5, 0.6) is 0 Å². The Morgan fingerprint density at radius 2 is 2.00 bits per heavy atom. The molecule has 0 fully saturated rings. The van der Waals surface area contributed by atoms with Gasteiger partial charge in [0.2, 0.25) is 0 Å². The number of nitrogens with one attached hydrogen (secondary N) is 1. The molecule has 0 aromatic carbocycles. The second kappa shape index (κ2) is 5.87. The van der Waals surface area contributed by atoms with Crippen molar-refractivity contribution in [3.8, 4) is 0 Å². The van der Waals surface area contributed by atoms with Crippen molar-refractivity contribution < 1.29 is 13.3 Å². The van der Waals surface area contributed by atoms with Gasteiger partial charge in [-0.3, -0.25) is 10.1 Å². The Morgan fingerprint density at radius 3 is 2.33 bits per heavy atom. The number of rotatable bonds is 5. The van der Waals surface area contributed by atoms with Crippen molar-refractivity contribution in [1.82, 2.24) is 4.31 Å². The summed E-state index contributed by atoms with van der Waals surface area (Å²) in [6.45, 7) is 7.57. The second-order valence-electron chi connectivity index (χ2n) is 5.74. The Hall–Kier alpha value is -1.23. The first-order chi connectivity index (χ1) is 9.42. The number of nitrogen functional groups attached to an aromatic ring is 1. The molecule has 0 aliphatic rings. The van der Waals surface area contributed by atoms with Crippen molar-refractivity contribution in [2.24, 2.45) is 11.3 Å². The molecular weight excluding hydrogens is 316 g/mol. The zero-order valence-corrected chi connectivity index (χ0v) is 14.2. The third-order valence-corrected chi connectivity index (χ3v) is 6.88. The lowest BCUT2D eigenvalue weighted by Crippen LogP contribution is -2.42. The van der Waals surface area contributed by atoms with Crippen LogP contribution in [0.25, 0.3) is 0 Å². The molecule has 3 N–H and O–H groups in total. The highest BCUT2D eigenvalue weighted by atomic mass is 32.2. The van der Waals surface area contributed by atoms with Crippen LogP contribution in [0.3, 0.4) is 0 Å². The van der Waals surface area contributed by atoms with Gasteiger partial charge in [0, 0.05) is 19.2 Å². The van der Waals surface area contributed by atoms with Crippen LogP contribution in [-0.4, -0.2) is 30.7 Å². The number of nitrogens with zero attached hydrogens (tertiary/aromatic N) is 2. The largest absolute Gasteiger partial charge is 0.310 e. The van der Waals surface area contributed by atoms with E-state index in [1.807, 2.05) is 20.8 Å². The van der Waals surface area contributed by atoms with Gasteiger partial charge in [-0.05, 0) is 12.3 Å². The van der Waals surface area contributed by atoms with E-state index in [0.717, 1.165) is 17.4 Å². The smallest absolute Gasteiger partial charge is 0.306 e. The van der Waals surface area contributed by atoms with Crippen LogP contribution in [0.2, 0.25) is 0 Å². The van der Waals surface area contributed by atoms with E-state index in [0.29, 0.717) is 0 Å². The van der Waals surface area contributed by atoms with Crippen LogP contribution < -0.4 is 11.3 Å². The fourth-order valence-corrected chi connectivity index (χ4v) is 4.59. The van der Waals surface area contributed by atoms with E-state index in [-0.39, 0.29) is 26.4 Å². The molecule has 1 atom stereocenters. The number of thiophene rings is 1. The Kier molecular flexibility index (Phi) is 4.98. The minimum Gasteiger partial charge on any atom is -0.310 e. The number of anilines is 1. The van der Waals surface area contributed by atoms with Crippen molar-refractivity contribution >= 4 is 32.0 Å². The highest BCUT2D eigenvalue weighted by Gasteiger charge is 2.35. The normalized spacial score (nSPS) is 14.2. The molecule has 0 aliphatic carbocycles. The maximum absolute atomic E-state index is 12.6. The highest BCUT2D eigenvalue weighted by molar-refractivity contribution is 7.91. The van der Waals surface area contributed by atoms with Gasteiger partial charge in [-0.1, -0.05) is 32.1 Å². The van der Waals surface area contributed by atoms with Crippen molar-refractivity contribution in [2.45, 2.75) is 37.9 Å². The summed E-state index contributed by atoms with van der Waals surface area (Å²) < 4.78 is 26.3. The molecule has 0 aliphatic heterocycles. The Morgan fingerprint density at radius 1 is 1.48 bits per heavy atom. The van der Waals surface area contributed by atoms with Crippen LogP contribution in [-0.2, 0) is 10.0 Å². The van der Waals surface area contributed by atoms with E-state index in [9.17, 15) is 18.5 Å². The second-order valence-corrected chi connectivity index (χ2v) is 9.02. The maximum atomic E-state index is 12.6. The molecule has 120 valence electrons. The average molecular weight is 336 g/mol. The molecule has 1 aromatic heterocycles. The van der Waals surface area contributed by atoms with E-state index in [2.05, 4.69) is 5.43 Å². The van der Waals surface area contributed by atoms with Crippen molar-refractivity contribution in [3.05, 3.63) is 16.2 Å². The zero-order valence-electron chi connectivity index (χ0n) is 12.6. The van der Waals surface area contributed by atoms with E-state index in [4.69, 9.17) is 5.84 Å². The predicted molar refractivity (Wildman–Crippen MR) is 82.6 cm³/mol. The Bertz CT molecular complexity index is 633. The molecule has 1 unspecified atom stereocenters. The van der Waals surface area contributed by atoms with Crippen LogP contribution in [0.15, 0.2) is 10.3 Å². The quantitative estimate of drug-likeness (QED) is 0.482. The molecule has 21 heavy (non-hydrogen) atoms. The van der Waals surface area contributed by atoms with Crippen molar-refractivity contribution in [3.63, 3.8) is 0 Å². The van der Waals surface area contributed by atoms with Gasteiger partial charge in [-0.25, -0.2) is 14.3 Å². The SMILES string of the molecule is CC(N(C)S(=O)(=O)c1cc([N+](=O)[O-])c(NN)s1)C(C)(C)C. The summed E-state index contributed by atoms with van der Waals surface area (Å²) in [5, 5.41) is 10.9. The molecule has 0 bridgehead atoms. The lowest BCUT2D eigenvalue weighted by atomic mass is 9.88. The first-order valence-electron chi connectivity index (χ1n) is 6.15. The number of nitrogens with two attached hydrogens (primary N) is 1. The van der Waals surface area contributed by atoms with Crippen molar-refractivity contribution in [2.75, 3.05) is 12.5 Å². The van der Waals surface area contributed by atoms with Crippen LogP contribution in [0, 0.1) is 15.5 Å². The standard InChI is InChI=1S/C11H20N4O4S2/c1-7(11(2,3)4)14(5)21(18,19)9-6-8(15(16)17)10(13-12)20-9/h6-7,13H,12H2,1-5H3. The van der Waals surface area contributed by atoms with Gasteiger partial charge in [-0.15, -0.1) is 0 Å². The summed E-state index contributed by atoms with van der Waals surface area (Å²) in [6, 6.07) is 0.749. The summed E-state index contributed by atoms with van der Waals surface area (Å²) in [5.74, 6) is 5.20. The zero-order chi connectivity index (χ0) is 16.6. The molecule has 0 radical (unpaired) electrons. The van der Waals surface area contributed by atoms with Gasteiger partial charge in [0.15, 0.2) is 5.00 Å². The fourth-order valence-electron chi connectivity index (χ4n) is 1.62. The third-order valence-electron chi connectivity index (χ3n) is 3.45. The first kappa shape index (κ1) is 17.8. The molecule has 0 spiro atoms. The number of sulfonamides is 1. The number of hydrogen-bond donors (Lipinski definition) is 2. The monoisotopic (exact) mass is 336 g/mol. The molecule has 1 aromatic rings. The maximum Gasteiger partial charge on any atom is 0.306 e. The van der Waals surface area contributed by atoms with Gasteiger partial charge < -0.3 is 5.43 Å². The molecular formula is C11H20N4O4S2. The van der Waals surface area contributed by atoms with E-state index in [1.165, 1.54) is 11.4 Å². The number of nitro groups is 1. The molecule has 0 saturated carbocycles. The molecule has 1 heterocycles. The predicted octanol–water partition coefficient (Wildman–Crippen LogP) is 2.00. The number of hydrogen-bond acceptors (Lipinski definition) is 7. The average Bonchev–Trinajstić information content (AvgIpc) is 2.80. The first-order valence-corrected chi connectivity index (χ1v) is 8.41. The van der Waals surface area contributed by atoms with Crippen molar-refractivity contribution in [1.29, 1.82) is 0 Å². The number of hydrazine groups is 1. The van der Waals surface area contributed by atoms with Gasteiger partial charge in [0.1, 0.15) is 4.21 Å². The van der Waals surface area contributed by atoms with E-state index >= 15 is 0 Å². The summed E-state index contributed by atoms with van der Waals surface area (Å²) in [6.07, 6.45) is 0. The fraction of sp³-hybridized carbons (Fsp3) is 0.636. The lowest BCUT2D eigenvalue weighted by molar-refractivity contribution is -0.383. The van der Waals surface area contributed by atoms with Gasteiger partial charge in [0.25, 0.3) is 10.0 Å². The Balaban J connectivity index is 3.29. The van der Waals surface area contributed by atoms with E-state index < -0.39 is 14.9 Å². The van der Waals surface area contributed by atoms with E-state index in [1.54, 1.807) is 6.92 Å². The molecule has 10 heteroatoms. The molecule has 1 rings (SSSR count). The van der Waals surface area contributed by atoms with Crippen LogP contribution in [0.4, 0.5) is 10.7 Å². The lowest BCUT2D eigenvalue weighted by Gasteiger charge is -2.34. The summed E-state index contributed by atoms with van der Waals surface area (Å²) in [4.78, 5) is 10.2. The van der Waals surface area contributed by atoms with Crippen LogP contribution >= 0.6 is 11.3 Å². The molecule has 0 saturated heterocycles. The minimum atomic E-state index is -3.81. The third kappa shape index (κ3) is 3.51. The minimum absolute atomic E-state index is 0.00962. The van der Waals surface area contributed by atoms with Crippen LogP contribution in [0.1, 0.15) is 27.7 Å². The van der Waals surface area contributed by atoms with Gasteiger partial charge >= 0.3 is 5.69 Å². The van der Waals surface area contributed by atoms with Gasteiger partial charge in [0.05, 0.1) is 4.92 Å². The highest BCUT2D eigenvalue weighted by Crippen LogP contribution is 2.38. The topological polar surface area (TPSA) is 119 Å². The Labute approximate surface area is 128 Å². The summed E-state index contributed by atoms with van der Waals surface area (Å²) >= 11 is 0.744. The summed E-state index contributed by atoms with van der Waals surface area (Å²) in [7, 11) is -2.35. The van der Waals surface area contributed by atoms with Gasteiger partial charge in [-0.2, -0.15) is 4.31 Å².